The van der Waals surface area contributed by atoms with Gasteiger partial charge in [-0.25, -0.2) is 0 Å². The number of nitrogens with zero attached hydrogens (tertiary/aromatic N) is 2. The maximum Gasteiger partial charge on any atom is 0.0544 e. The van der Waals surface area contributed by atoms with E-state index in [9.17, 15) is 0 Å². The molecule has 0 aliphatic carbocycles. The number of fused-ring (bicyclic) bond motifs is 3. The molecule has 3 nitrogen and oxygen atoms in total. The number of hydrogen-bond donors (Lipinski definition) is 1. The van der Waals surface area contributed by atoms with Gasteiger partial charge in [0, 0.05) is 56.0 Å². The fourth-order valence-electron chi connectivity index (χ4n) is 10.4. The van der Waals surface area contributed by atoms with Crippen LogP contribution in [0, 0.1) is 0 Å². The quantitative estimate of drug-likeness (QED) is 0.110. The lowest BCUT2D eigenvalue weighted by atomic mass is 9.99. The van der Waals surface area contributed by atoms with E-state index < -0.39 is 0 Å². The molecule has 1 heterocycles. The van der Waals surface area contributed by atoms with Gasteiger partial charge >= 0.3 is 0 Å². The number of nitrogens with one attached hydrogen (secondary N) is 1. The molecule has 0 aliphatic heterocycles. The van der Waals surface area contributed by atoms with Crippen molar-refractivity contribution in [2.24, 2.45) is 0 Å². The summed E-state index contributed by atoms with van der Waals surface area (Å²) >= 11 is 0. The summed E-state index contributed by atoms with van der Waals surface area (Å²) < 4.78 is 0. The van der Waals surface area contributed by atoms with Crippen LogP contribution in [0.25, 0.3) is 83.0 Å². The van der Waals surface area contributed by atoms with Gasteiger partial charge in [-0.15, -0.1) is 0 Å². The average molecular weight is 960 g/mol. The first kappa shape index (κ1) is 46.1. The summed E-state index contributed by atoms with van der Waals surface area (Å²) in [6.07, 6.45) is 5.66. The molecule has 0 atom stereocenters. The third kappa shape index (κ3) is 9.27. The second kappa shape index (κ2) is 20.6. The smallest absolute Gasteiger partial charge is 0.0544 e. The van der Waals surface area contributed by atoms with E-state index in [4.69, 9.17) is 0 Å². The Balaban J connectivity index is 0.876. The minimum atomic E-state index is 1.03. The summed E-state index contributed by atoms with van der Waals surface area (Å²) in [5.74, 6) is 0. The third-order valence-corrected chi connectivity index (χ3v) is 14.2. The topological polar surface area (TPSA) is 22.3 Å². The van der Waals surface area contributed by atoms with Gasteiger partial charge in [-0.2, -0.15) is 0 Å². The Hall–Kier alpha value is -9.96. The van der Waals surface area contributed by atoms with E-state index in [0.29, 0.717) is 0 Å². The van der Waals surface area contributed by atoms with Crippen molar-refractivity contribution in [1.82, 2.24) is 4.98 Å². The number of benzene rings is 11. The molecule has 0 saturated carbocycles. The van der Waals surface area contributed by atoms with E-state index in [1.165, 1.54) is 44.2 Å². The number of hydrogen-bond acceptors (Lipinski definition) is 2. The highest BCUT2D eigenvalue weighted by atomic mass is 15.1. The van der Waals surface area contributed by atoms with Crippen LogP contribution in [0.5, 0.6) is 0 Å². The maximum absolute atomic E-state index is 4.04. The molecule has 0 radical (unpaired) electrons. The summed E-state index contributed by atoms with van der Waals surface area (Å²) in [6, 6.07) is 98.1. The molecule has 12 rings (SSSR count). The van der Waals surface area contributed by atoms with Gasteiger partial charge in [-0.3, -0.25) is 0 Å². The number of rotatable bonds is 14. The zero-order valence-corrected chi connectivity index (χ0v) is 41.5. The van der Waals surface area contributed by atoms with Gasteiger partial charge in [0.15, 0.2) is 0 Å². The van der Waals surface area contributed by atoms with Crippen LogP contribution in [0.1, 0.15) is 5.56 Å². The number of H-pyrrole nitrogens is 1. The average Bonchev–Trinajstić information content (AvgIpc) is 3.88. The highest BCUT2D eigenvalue weighted by Gasteiger charge is 2.18. The van der Waals surface area contributed by atoms with Gasteiger partial charge in [0.2, 0.25) is 0 Å². The highest BCUT2D eigenvalue weighted by Crippen LogP contribution is 2.42. The number of allylic oxidation sites excluding steroid dienone is 4. The second-order valence-corrected chi connectivity index (χ2v) is 18.7. The zero-order chi connectivity index (χ0) is 50.5. The molecule has 0 aliphatic rings. The van der Waals surface area contributed by atoms with Crippen molar-refractivity contribution < 1.29 is 0 Å². The van der Waals surface area contributed by atoms with Crippen molar-refractivity contribution in [1.29, 1.82) is 0 Å². The monoisotopic (exact) mass is 959 g/mol. The van der Waals surface area contributed by atoms with Crippen LogP contribution in [0.15, 0.2) is 304 Å². The van der Waals surface area contributed by atoms with Crippen molar-refractivity contribution in [2.45, 2.75) is 0 Å². The summed E-state index contributed by atoms with van der Waals surface area (Å²) in [4.78, 5) is 8.59. The predicted octanol–water partition coefficient (Wildman–Crippen LogP) is 20.4. The van der Waals surface area contributed by atoms with Crippen LogP contribution >= 0.6 is 0 Å². The molecule has 1 N–H and O–H groups in total. The molecular weight excluding hydrogens is 907 g/mol. The molecular formula is C72H53N3. The normalized spacial score (nSPS) is 11.4. The third-order valence-electron chi connectivity index (χ3n) is 14.2. The zero-order valence-electron chi connectivity index (χ0n) is 41.5. The second-order valence-electron chi connectivity index (χ2n) is 18.7. The van der Waals surface area contributed by atoms with E-state index in [1.54, 1.807) is 6.08 Å². The van der Waals surface area contributed by atoms with Crippen LogP contribution in [-0.2, 0) is 0 Å². The number of para-hydroxylation sites is 2. The fourth-order valence-corrected chi connectivity index (χ4v) is 10.4. The predicted molar refractivity (Wildman–Crippen MR) is 321 cm³/mol. The number of anilines is 6. The van der Waals surface area contributed by atoms with E-state index in [-0.39, 0.29) is 0 Å². The standard InChI is InChI=1S/C72H53N3/c1-3-16-51(4-2)55-27-39-61(40-28-55)74(62-41-29-56(30-42-62)52-17-8-5-9-18-52)65-47-35-59(36-48-65)67-23-14-25-69-70-26-15-24-68(72(70)73-71(67)69)60-37-49-66(50-38-60)75(63-43-31-57(32-44-63)53-19-10-6-11-20-53)64-45-33-58(34-46-64)54-21-12-7-13-22-54/h3-50,73H,1-2H2/b51-16+. The molecule has 0 bridgehead atoms. The molecule has 0 amide bonds. The Bertz CT molecular complexity index is 3870. The minimum Gasteiger partial charge on any atom is -0.353 e. The maximum atomic E-state index is 4.04. The van der Waals surface area contributed by atoms with Crippen LogP contribution in [0.4, 0.5) is 34.1 Å². The first-order valence-electron chi connectivity index (χ1n) is 25.5. The van der Waals surface area contributed by atoms with Gasteiger partial charge in [-0.1, -0.05) is 232 Å². The van der Waals surface area contributed by atoms with Crippen molar-refractivity contribution in [2.75, 3.05) is 9.80 Å². The van der Waals surface area contributed by atoms with E-state index >= 15 is 0 Å². The fraction of sp³-hybridized carbons (Fsp3) is 0. The Morgan fingerprint density at radius 3 is 0.893 bits per heavy atom. The van der Waals surface area contributed by atoms with Gasteiger partial charge in [0.1, 0.15) is 0 Å². The molecule has 75 heavy (non-hydrogen) atoms. The molecule has 0 fully saturated rings. The van der Waals surface area contributed by atoms with Crippen LogP contribution in [0.2, 0.25) is 0 Å². The highest BCUT2D eigenvalue weighted by molar-refractivity contribution is 6.15. The Morgan fingerprint density at radius 2 is 0.587 bits per heavy atom. The van der Waals surface area contributed by atoms with Crippen molar-refractivity contribution >= 4 is 61.5 Å². The first-order valence-corrected chi connectivity index (χ1v) is 25.5. The summed E-state index contributed by atoms with van der Waals surface area (Å²) in [6.45, 7) is 7.94. The Labute approximate surface area is 439 Å². The lowest BCUT2D eigenvalue weighted by Crippen LogP contribution is -2.10. The number of aromatic nitrogens is 1. The summed E-state index contributed by atoms with van der Waals surface area (Å²) in [5.41, 5.74) is 22.5. The molecule has 11 aromatic carbocycles. The van der Waals surface area contributed by atoms with Crippen LogP contribution < -0.4 is 9.80 Å². The summed E-state index contributed by atoms with van der Waals surface area (Å²) in [5, 5.41) is 2.39. The van der Waals surface area contributed by atoms with Gasteiger partial charge in [0.25, 0.3) is 0 Å². The summed E-state index contributed by atoms with van der Waals surface area (Å²) in [7, 11) is 0. The Kier molecular flexibility index (Phi) is 12.7. The first-order chi connectivity index (χ1) is 37.1. The van der Waals surface area contributed by atoms with Crippen molar-refractivity contribution in [3.63, 3.8) is 0 Å². The number of aromatic amines is 1. The van der Waals surface area contributed by atoms with Crippen LogP contribution in [0.3, 0.4) is 0 Å². The lowest BCUT2D eigenvalue weighted by Gasteiger charge is -2.26. The molecule has 1 aromatic heterocycles. The molecule has 356 valence electrons. The lowest BCUT2D eigenvalue weighted by molar-refractivity contribution is 1.28. The van der Waals surface area contributed by atoms with Gasteiger partial charge in [0.05, 0.1) is 11.0 Å². The molecule has 12 aromatic rings. The Morgan fingerprint density at radius 1 is 0.293 bits per heavy atom. The van der Waals surface area contributed by atoms with E-state index in [1.807, 2.05) is 12.2 Å². The van der Waals surface area contributed by atoms with Crippen molar-refractivity contribution in [3.8, 4) is 55.6 Å². The molecule has 0 spiro atoms. The molecule has 0 unspecified atom stereocenters. The van der Waals surface area contributed by atoms with E-state index in [0.717, 1.165) is 78.5 Å². The van der Waals surface area contributed by atoms with Crippen molar-refractivity contribution in [3.05, 3.63) is 310 Å². The molecule has 3 heteroatoms. The van der Waals surface area contributed by atoms with E-state index in [2.05, 4.69) is 301 Å². The SMILES string of the molecule is C=C/C=C(\C=C)c1ccc(N(c2ccc(-c3ccccc3)cc2)c2ccc(-c3cccc4c3[nH]c3c(-c5ccc(N(c6ccc(-c7ccccc7)cc6)c6ccc(-c7ccccc7)cc6)cc5)cccc34)cc2)cc1. The minimum absolute atomic E-state index is 1.03. The largest absolute Gasteiger partial charge is 0.353 e. The van der Waals surface area contributed by atoms with Gasteiger partial charge in [-0.05, 0) is 128 Å². The van der Waals surface area contributed by atoms with Crippen LogP contribution in [-0.4, -0.2) is 4.98 Å². The van der Waals surface area contributed by atoms with Gasteiger partial charge < -0.3 is 14.8 Å². The molecule has 0 saturated heterocycles.